The third kappa shape index (κ3) is 4.11. The number of oxazole rings is 1. The molecule has 4 rings (SSSR count). The zero-order valence-corrected chi connectivity index (χ0v) is 18.5. The summed E-state index contributed by atoms with van der Waals surface area (Å²) in [6.45, 7) is 4.15. The highest BCUT2D eigenvalue weighted by Crippen LogP contribution is 2.32. The summed E-state index contributed by atoms with van der Waals surface area (Å²) in [5, 5.41) is 2.04. The summed E-state index contributed by atoms with van der Waals surface area (Å²) in [6.07, 6.45) is 0.944. The smallest absolute Gasteiger partial charge is 0.261 e. The molecule has 1 heterocycles. The third-order valence-electron chi connectivity index (χ3n) is 5.49. The summed E-state index contributed by atoms with van der Waals surface area (Å²) in [4.78, 5) is 16.8. The Bertz CT molecular complexity index is 1410. The van der Waals surface area contributed by atoms with Crippen LogP contribution in [0.4, 0.5) is 27.6 Å². The highest BCUT2D eigenvalue weighted by molar-refractivity contribution is 6.34. The number of fused-ring (bicyclic) bond motifs is 1. The van der Waals surface area contributed by atoms with Gasteiger partial charge in [-0.1, -0.05) is 31.5 Å². The Labute approximate surface area is 195 Å². The molecule has 10 heteroatoms. The van der Waals surface area contributed by atoms with Gasteiger partial charge in [0, 0.05) is 5.56 Å². The monoisotopic (exact) mass is 494 g/mol. The summed E-state index contributed by atoms with van der Waals surface area (Å²) in [5.41, 5.74) is 0.798. The fraction of sp³-hybridized carbons (Fsp3) is 0.167. The van der Waals surface area contributed by atoms with Gasteiger partial charge in [-0.3, -0.25) is 4.79 Å². The first-order valence-electron chi connectivity index (χ1n) is 10.2. The van der Waals surface area contributed by atoms with Gasteiger partial charge < -0.3 is 9.73 Å². The van der Waals surface area contributed by atoms with Crippen LogP contribution in [0.3, 0.4) is 0 Å². The second kappa shape index (κ2) is 9.06. The van der Waals surface area contributed by atoms with E-state index in [0.717, 1.165) is 12.0 Å². The number of carbonyl (C=O) groups is 1. The van der Waals surface area contributed by atoms with Gasteiger partial charge in [-0.05, 0) is 48.2 Å². The van der Waals surface area contributed by atoms with Crippen LogP contribution in [0.25, 0.3) is 22.6 Å². The summed E-state index contributed by atoms with van der Waals surface area (Å²) < 4.78 is 74.0. The van der Waals surface area contributed by atoms with Gasteiger partial charge in [-0.25, -0.2) is 26.9 Å². The van der Waals surface area contributed by atoms with Gasteiger partial charge in [0.1, 0.15) is 11.1 Å². The van der Waals surface area contributed by atoms with Crippen molar-refractivity contribution in [2.24, 2.45) is 0 Å². The molecular weight excluding hydrogens is 479 g/mol. The van der Waals surface area contributed by atoms with Crippen LogP contribution in [0.15, 0.2) is 40.8 Å². The van der Waals surface area contributed by atoms with Crippen molar-refractivity contribution in [1.82, 2.24) is 4.98 Å². The molecule has 4 aromatic rings. The van der Waals surface area contributed by atoms with Crippen molar-refractivity contribution in [1.29, 1.82) is 0 Å². The van der Waals surface area contributed by atoms with E-state index in [9.17, 15) is 26.7 Å². The van der Waals surface area contributed by atoms with E-state index in [2.05, 4.69) is 24.1 Å². The van der Waals surface area contributed by atoms with Crippen LogP contribution in [0.2, 0.25) is 5.02 Å². The first-order chi connectivity index (χ1) is 16.1. The molecule has 0 aliphatic carbocycles. The molecule has 1 amide bonds. The fourth-order valence-corrected chi connectivity index (χ4v) is 3.52. The lowest BCUT2D eigenvalue weighted by atomic mass is 9.98. The number of rotatable bonds is 5. The van der Waals surface area contributed by atoms with Crippen LogP contribution in [-0.2, 0) is 0 Å². The average Bonchev–Trinajstić information content (AvgIpc) is 3.26. The lowest BCUT2D eigenvalue weighted by molar-refractivity contribution is 0.101. The topological polar surface area (TPSA) is 55.1 Å². The molecule has 1 atom stereocenters. The van der Waals surface area contributed by atoms with E-state index in [1.54, 1.807) is 6.07 Å². The maximum atomic E-state index is 14.0. The highest BCUT2D eigenvalue weighted by Gasteiger charge is 2.30. The summed E-state index contributed by atoms with van der Waals surface area (Å²) in [5.74, 6) is -12.4. The molecule has 0 bridgehead atoms. The highest BCUT2D eigenvalue weighted by atomic mass is 35.5. The van der Waals surface area contributed by atoms with Crippen LogP contribution in [-0.4, -0.2) is 10.9 Å². The van der Waals surface area contributed by atoms with Crippen LogP contribution in [0, 0.1) is 29.1 Å². The fourth-order valence-electron chi connectivity index (χ4n) is 3.35. The second-order valence-corrected chi connectivity index (χ2v) is 8.06. The maximum Gasteiger partial charge on any atom is 0.261 e. The zero-order valence-electron chi connectivity index (χ0n) is 17.8. The Morgan fingerprint density at radius 1 is 1.00 bits per heavy atom. The Morgan fingerprint density at radius 2 is 1.65 bits per heavy atom. The molecule has 4 nitrogen and oxygen atoms in total. The van der Waals surface area contributed by atoms with Crippen molar-refractivity contribution >= 4 is 34.3 Å². The Morgan fingerprint density at radius 3 is 2.29 bits per heavy atom. The molecule has 0 unspecified atom stereocenters. The molecule has 0 saturated heterocycles. The number of hydrogen-bond acceptors (Lipinski definition) is 3. The quantitative estimate of drug-likeness (QED) is 0.176. The molecule has 34 heavy (non-hydrogen) atoms. The number of carbonyl (C=O) groups excluding carboxylic acids is 1. The molecule has 0 radical (unpaired) electrons. The van der Waals surface area contributed by atoms with Gasteiger partial charge in [0.15, 0.2) is 28.9 Å². The van der Waals surface area contributed by atoms with Crippen LogP contribution < -0.4 is 5.32 Å². The van der Waals surface area contributed by atoms with Gasteiger partial charge in [0.05, 0.1) is 10.7 Å². The number of hydrogen-bond donors (Lipinski definition) is 1. The van der Waals surface area contributed by atoms with Crippen LogP contribution in [0.5, 0.6) is 0 Å². The molecule has 0 fully saturated rings. The van der Waals surface area contributed by atoms with Gasteiger partial charge >= 0.3 is 0 Å². The summed E-state index contributed by atoms with van der Waals surface area (Å²) in [6, 6.07) is 9.84. The number of nitrogens with zero attached hydrogens (tertiary/aromatic N) is 1. The van der Waals surface area contributed by atoms with Crippen molar-refractivity contribution in [3.8, 4) is 11.5 Å². The van der Waals surface area contributed by atoms with E-state index >= 15 is 0 Å². The van der Waals surface area contributed by atoms with E-state index in [-0.39, 0.29) is 16.6 Å². The van der Waals surface area contributed by atoms with E-state index < -0.39 is 40.6 Å². The van der Waals surface area contributed by atoms with Crippen LogP contribution >= 0.6 is 11.6 Å². The number of amides is 1. The third-order valence-corrected chi connectivity index (χ3v) is 5.82. The number of halogens is 6. The van der Waals surface area contributed by atoms with Gasteiger partial charge in [-0.2, -0.15) is 0 Å². The lowest BCUT2D eigenvalue weighted by Gasteiger charge is -2.11. The Hall–Kier alpha value is -3.46. The Kier molecular flexibility index (Phi) is 6.31. The molecular formula is C24H16ClF5N2O2. The van der Waals surface area contributed by atoms with E-state index in [4.69, 9.17) is 16.0 Å². The van der Waals surface area contributed by atoms with Gasteiger partial charge in [0.2, 0.25) is 11.7 Å². The van der Waals surface area contributed by atoms with Crippen molar-refractivity contribution in [3.05, 3.63) is 81.6 Å². The summed E-state index contributed by atoms with van der Waals surface area (Å²) >= 11 is 6.07. The number of aromatic nitrogens is 1. The molecule has 0 spiro atoms. The van der Waals surface area contributed by atoms with Crippen molar-refractivity contribution in [2.45, 2.75) is 26.2 Å². The largest absolute Gasteiger partial charge is 0.436 e. The standard InChI is InChI=1S/C24H16ClF5N2O2/c1-3-10(2)11-5-7-16-15(8-11)32-24(34-16)12-4-6-13(25)14(9-12)31-23(33)17-18(26)20(28)22(30)21(29)19(17)27/h4-10H,3H2,1-2H3,(H,31,33)/t10-/m0/s1. The molecule has 0 aliphatic rings. The minimum absolute atomic E-state index is 0.0452. The average molecular weight is 495 g/mol. The SMILES string of the molecule is CC[C@H](C)c1ccc2oc(-c3ccc(Cl)c(NC(=O)c4c(F)c(F)c(F)c(F)c4F)c3)nc2c1. The van der Waals surface area contributed by atoms with Crippen molar-refractivity contribution in [3.63, 3.8) is 0 Å². The predicted octanol–water partition coefficient (Wildman–Crippen LogP) is 7.61. The number of anilines is 1. The first kappa shape index (κ1) is 23.7. The Balaban J connectivity index is 1.69. The number of benzene rings is 3. The van der Waals surface area contributed by atoms with E-state index in [1.807, 2.05) is 12.1 Å². The van der Waals surface area contributed by atoms with E-state index in [1.165, 1.54) is 18.2 Å². The molecule has 0 saturated carbocycles. The molecule has 1 aromatic heterocycles. The minimum atomic E-state index is -2.36. The van der Waals surface area contributed by atoms with Crippen molar-refractivity contribution < 1.29 is 31.2 Å². The second-order valence-electron chi connectivity index (χ2n) is 7.65. The molecule has 1 N–H and O–H groups in total. The maximum absolute atomic E-state index is 14.0. The van der Waals surface area contributed by atoms with Crippen LogP contribution in [0.1, 0.15) is 42.1 Å². The number of nitrogens with one attached hydrogen (secondary N) is 1. The minimum Gasteiger partial charge on any atom is -0.436 e. The molecule has 0 aliphatic heterocycles. The predicted molar refractivity (Wildman–Crippen MR) is 117 cm³/mol. The molecule has 3 aromatic carbocycles. The van der Waals surface area contributed by atoms with E-state index in [0.29, 0.717) is 22.6 Å². The normalized spacial score (nSPS) is 12.2. The first-order valence-corrected chi connectivity index (χ1v) is 10.5. The van der Waals surface area contributed by atoms with Crippen molar-refractivity contribution in [2.75, 3.05) is 5.32 Å². The lowest BCUT2D eigenvalue weighted by Crippen LogP contribution is -2.19. The van der Waals surface area contributed by atoms with Gasteiger partial charge in [-0.15, -0.1) is 0 Å². The zero-order chi connectivity index (χ0) is 24.7. The molecule has 176 valence electrons. The summed E-state index contributed by atoms with van der Waals surface area (Å²) in [7, 11) is 0. The van der Waals surface area contributed by atoms with Gasteiger partial charge in [0.25, 0.3) is 5.91 Å².